The van der Waals surface area contributed by atoms with Gasteiger partial charge in [0.2, 0.25) is 5.91 Å². The molecule has 1 aromatic rings. The van der Waals surface area contributed by atoms with Crippen molar-refractivity contribution in [2.45, 2.75) is 44.6 Å². The summed E-state index contributed by atoms with van der Waals surface area (Å²) >= 11 is 0. The highest BCUT2D eigenvalue weighted by molar-refractivity contribution is 6.05. The smallest absolute Gasteiger partial charge is 0.260 e. The number of benzene rings is 1. The van der Waals surface area contributed by atoms with Gasteiger partial charge in [-0.15, -0.1) is 0 Å². The van der Waals surface area contributed by atoms with Crippen LogP contribution in [0.2, 0.25) is 0 Å². The Labute approximate surface area is 124 Å². The highest BCUT2D eigenvalue weighted by Gasteiger charge is 2.40. The van der Waals surface area contributed by atoms with Crippen LogP contribution in [0.15, 0.2) is 24.3 Å². The quantitative estimate of drug-likeness (QED) is 0.744. The van der Waals surface area contributed by atoms with Gasteiger partial charge >= 0.3 is 0 Å². The fraction of sp³-hybridized carbons (Fsp3) is 0.471. The van der Waals surface area contributed by atoms with E-state index in [1.54, 1.807) is 24.3 Å². The van der Waals surface area contributed by atoms with E-state index in [0.717, 1.165) is 25.7 Å². The van der Waals surface area contributed by atoms with Gasteiger partial charge in [0.25, 0.3) is 5.91 Å². The normalized spacial score (nSPS) is 25.1. The van der Waals surface area contributed by atoms with Gasteiger partial charge in [0.05, 0.1) is 11.6 Å². The van der Waals surface area contributed by atoms with Crippen molar-refractivity contribution in [3.8, 4) is 6.07 Å². The van der Waals surface area contributed by atoms with Crippen LogP contribution in [0.5, 0.6) is 0 Å². The molecule has 0 aromatic heterocycles. The van der Waals surface area contributed by atoms with Crippen molar-refractivity contribution < 1.29 is 9.59 Å². The lowest BCUT2D eigenvalue weighted by molar-refractivity contribution is -0.135. The van der Waals surface area contributed by atoms with E-state index in [4.69, 9.17) is 5.26 Å². The van der Waals surface area contributed by atoms with Crippen LogP contribution >= 0.6 is 0 Å². The molecule has 108 valence electrons. The molecule has 1 saturated heterocycles. The molecule has 0 radical (unpaired) electrons. The van der Waals surface area contributed by atoms with Crippen molar-refractivity contribution in [3.63, 3.8) is 0 Å². The third-order valence-electron chi connectivity index (χ3n) is 4.68. The van der Waals surface area contributed by atoms with E-state index in [0.29, 0.717) is 23.5 Å². The molecular formula is C17H18N2O2. The van der Waals surface area contributed by atoms with Crippen molar-refractivity contribution in [3.05, 3.63) is 35.4 Å². The molecule has 0 spiro atoms. The topological polar surface area (TPSA) is 61.2 Å². The van der Waals surface area contributed by atoms with Crippen LogP contribution < -0.4 is 0 Å². The second kappa shape index (κ2) is 5.69. The van der Waals surface area contributed by atoms with Crippen LogP contribution in [-0.4, -0.2) is 22.8 Å². The molecule has 2 amide bonds. The molecule has 1 saturated carbocycles. The molecule has 2 atom stereocenters. The number of nitrogens with zero attached hydrogens (tertiary/aromatic N) is 2. The van der Waals surface area contributed by atoms with E-state index >= 15 is 0 Å². The lowest BCUT2D eigenvalue weighted by Gasteiger charge is -2.42. The van der Waals surface area contributed by atoms with E-state index in [9.17, 15) is 9.59 Å². The van der Waals surface area contributed by atoms with Crippen LogP contribution in [0.4, 0.5) is 0 Å². The molecule has 1 aromatic carbocycles. The van der Waals surface area contributed by atoms with Crippen LogP contribution in [0.25, 0.3) is 0 Å². The van der Waals surface area contributed by atoms with Gasteiger partial charge < -0.3 is 0 Å². The molecule has 4 nitrogen and oxygen atoms in total. The minimum Gasteiger partial charge on any atom is -0.275 e. The average molecular weight is 282 g/mol. The van der Waals surface area contributed by atoms with Crippen molar-refractivity contribution in [1.82, 2.24) is 4.90 Å². The minimum absolute atomic E-state index is 0.0486. The Morgan fingerprint density at radius 2 is 1.86 bits per heavy atom. The predicted molar refractivity (Wildman–Crippen MR) is 77.3 cm³/mol. The molecule has 21 heavy (non-hydrogen) atoms. The SMILES string of the molecule is N#Cc1ccc(C(=O)N2C(=O)CCC3CCCCC32)cc1. The van der Waals surface area contributed by atoms with Gasteiger partial charge in [0.15, 0.2) is 0 Å². The number of likely N-dealkylation sites (tertiary alicyclic amines) is 1. The van der Waals surface area contributed by atoms with Crippen molar-refractivity contribution in [1.29, 1.82) is 5.26 Å². The Hall–Kier alpha value is -2.15. The summed E-state index contributed by atoms with van der Waals surface area (Å²) in [5, 5.41) is 8.81. The third-order valence-corrected chi connectivity index (χ3v) is 4.68. The van der Waals surface area contributed by atoms with E-state index in [1.807, 2.05) is 6.07 Å². The maximum absolute atomic E-state index is 12.7. The fourth-order valence-corrected chi connectivity index (χ4v) is 3.57. The zero-order chi connectivity index (χ0) is 14.8. The van der Waals surface area contributed by atoms with Crippen LogP contribution in [0, 0.1) is 17.2 Å². The number of fused-ring (bicyclic) bond motifs is 1. The molecular weight excluding hydrogens is 264 g/mol. The second-order valence-electron chi connectivity index (χ2n) is 5.91. The highest BCUT2D eigenvalue weighted by Crippen LogP contribution is 2.36. The maximum atomic E-state index is 12.7. The molecule has 0 N–H and O–H groups in total. The molecule has 2 fully saturated rings. The number of hydrogen-bond acceptors (Lipinski definition) is 3. The Morgan fingerprint density at radius 1 is 1.14 bits per heavy atom. The van der Waals surface area contributed by atoms with E-state index in [2.05, 4.69) is 0 Å². The maximum Gasteiger partial charge on any atom is 0.260 e. The summed E-state index contributed by atoms with van der Waals surface area (Å²) in [7, 11) is 0. The van der Waals surface area contributed by atoms with Crippen molar-refractivity contribution >= 4 is 11.8 Å². The van der Waals surface area contributed by atoms with Gasteiger partial charge in [-0.05, 0) is 49.4 Å². The fourth-order valence-electron chi connectivity index (χ4n) is 3.57. The Morgan fingerprint density at radius 3 is 2.57 bits per heavy atom. The lowest BCUT2D eigenvalue weighted by atomic mass is 9.78. The summed E-state index contributed by atoms with van der Waals surface area (Å²) in [5.74, 6) is 0.215. The number of carbonyl (C=O) groups excluding carboxylic acids is 2. The first kappa shape index (κ1) is 13.8. The number of amides is 2. The van der Waals surface area contributed by atoms with Gasteiger partial charge in [-0.2, -0.15) is 5.26 Å². The van der Waals surface area contributed by atoms with Gasteiger partial charge in [0.1, 0.15) is 0 Å². The van der Waals surface area contributed by atoms with Crippen LogP contribution in [0.3, 0.4) is 0 Å². The van der Waals surface area contributed by atoms with Crippen LogP contribution in [-0.2, 0) is 4.79 Å². The first-order valence-corrected chi connectivity index (χ1v) is 7.57. The third kappa shape index (κ3) is 2.56. The first-order valence-electron chi connectivity index (χ1n) is 7.57. The average Bonchev–Trinajstić information content (AvgIpc) is 2.54. The minimum atomic E-state index is -0.207. The standard InChI is InChI=1S/C17H18N2O2/c18-11-12-5-7-14(8-6-12)17(21)19-15-4-2-1-3-13(15)9-10-16(19)20/h5-8,13,15H,1-4,9-10H2. The molecule has 1 aliphatic carbocycles. The zero-order valence-corrected chi connectivity index (χ0v) is 11.9. The molecule has 4 heteroatoms. The van der Waals surface area contributed by atoms with Crippen LogP contribution in [0.1, 0.15) is 54.4 Å². The molecule has 1 aliphatic heterocycles. The zero-order valence-electron chi connectivity index (χ0n) is 11.9. The monoisotopic (exact) mass is 282 g/mol. The Kier molecular flexibility index (Phi) is 3.74. The van der Waals surface area contributed by atoms with Crippen molar-refractivity contribution in [2.75, 3.05) is 0 Å². The Balaban J connectivity index is 1.86. The van der Waals surface area contributed by atoms with Gasteiger partial charge in [-0.3, -0.25) is 14.5 Å². The summed E-state index contributed by atoms with van der Waals surface area (Å²) in [5.41, 5.74) is 1.01. The summed E-state index contributed by atoms with van der Waals surface area (Å²) < 4.78 is 0. The highest BCUT2D eigenvalue weighted by atomic mass is 16.2. The van der Waals surface area contributed by atoms with E-state index in [-0.39, 0.29) is 17.9 Å². The number of piperidine rings is 1. The van der Waals surface area contributed by atoms with E-state index in [1.165, 1.54) is 11.3 Å². The molecule has 3 rings (SSSR count). The lowest BCUT2D eigenvalue weighted by Crippen LogP contribution is -2.52. The number of rotatable bonds is 1. The number of nitriles is 1. The molecule has 1 heterocycles. The number of imide groups is 1. The van der Waals surface area contributed by atoms with Crippen molar-refractivity contribution in [2.24, 2.45) is 5.92 Å². The van der Waals surface area contributed by atoms with E-state index < -0.39 is 0 Å². The summed E-state index contributed by atoms with van der Waals surface area (Å²) in [4.78, 5) is 26.4. The molecule has 0 bridgehead atoms. The Bertz CT molecular complexity index is 600. The predicted octanol–water partition coefficient (Wildman–Crippen LogP) is 2.88. The number of hydrogen-bond donors (Lipinski definition) is 0. The van der Waals surface area contributed by atoms with Gasteiger partial charge in [-0.1, -0.05) is 12.8 Å². The first-order chi connectivity index (χ1) is 10.2. The largest absolute Gasteiger partial charge is 0.275 e. The molecule has 2 aliphatic rings. The number of carbonyl (C=O) groups is 2. The summed E-state index contributed by atoms with van der Waals surface area (Å²) in [6, 6.07) is 8.64. The molecule has 2 unspecified atom stereocenters. The van der Waals surface area contributed by atoms with Gasteiger partial charge in [-0.25, -0.2) is 0 Å². The van der Waals surface area contributed by atoms with Gasteiger partial charge in [0, 0.05) is 18.0 Å². The second-order valence-corrected chi connectivity index (χ2v) is 5.91. The summed E-state index contributed by atoms with van der Waals surface area (Å²) in [6.07, 6.45) is 5.73. The summed E-state index contributed by atoms with van der Waals surface area (Å²) in [6.45, 7) is 0.